The highest BCUT2D eigenvalue weighted by Gasteiger charge is 2.26. The molecule has 0 spiro atoms. The van der Waals surface area contributed by atoms with Crippen LogP contribution in [0.1, 0.15) is 5.69 Å². The smallest absolute Gasteiger partial charge is 0.209 e. The van der Waals surface area contributed by atoms with Crippen LogP contribution in [0.25, 0.3) is 5.69 Å². The Bertz CT molecular complexity index is 707. The van der Waals surface area contributed by atoms with Crippen molar-refractivity contribution in [2.45, 2.75) is 6.92 Å². The zero-order valence-electron chi connectivity index (χ0n) is 12.8. The van der Waals surface area contributed by atoms with Crippen LogP contribution >= 0.6 is 11.6 Å². The van der Waals surface area contributed by atoms with Crippen LogP contribution in [0.2, 0.25) is 5.28 Å². The van der Waals surface area contributed by atoms with E-state index in [1.165, 1.54) is 11.7 Å². The summed E-state index contributed by atoms with van der Waals surface area (Å²) < 4.78 is 40.4. The van der Waals surface area contributed by atoms with Crippen molar-refractivity contribution < 1.29 is 18.3 Å². The van der Waals surface area contributed by atoms with E-state index < -0.39 is 11.6 Å². The number of aryl methyl sites for hydroxylation is 1. The van der Waals surface area contributed by atoms with Gasteiger partial charge in [-0.2, -0.15) is 0 Å². The van der Waals surface area contributed by atoms with E-state index in [1.54, 1.807) is 6.92 Å². The lowest BCUT2D eigenvalue weighted by Crippen LogP contribution is -2.37. The second kappa shape index (κ2) is 6.33. The fourth-order valence-corrected chi connectivity index (χ4v) is 3.00. The summed E-state index contributed by atoms with van der Waals surface area (Å²) in [7, 11) is 1.35. The van der Waals surface area contributed by atoms with Crippen molar-refractivity contribution in [3.63, 3.8) is 0 Å². The summed E-state index contributed by atoms with van der Waals surface area (Å²) in [5, 5.41) is 0.00644. The lowest BCUT2D eigenvalue weighted by Gasteiger charge is -2.30. The first-order valence-corrected chi connectivity index (χ1v) is 7.51. The summed E-state index contributed by atoms with van der Waals surface area (Å²) in [5.74, 6) is -0.864. The molecule has 5 nitrogen and oxygen atoms in total. The van der Waals surface area contributed by atoms with Crippen molar-refractivity contribution in [1.82, 2.24) is 9.55 Å². The van der Waals surface area contributed by atoms with E-state index in [9.17, 15) is 8.78 Å². The average molecular weight is 344 g/mol. The molecule has 1 aliphatic heterocycles. The van der Waals surface area contributed by atoms with Crippen molar-refractivity contribution in [2.24, 2.45) is 0 Å². The van der Waals surface area contributed by atoms with Gasteiger partial charge in [-0.1, -0.05) is 0 Å². The van der Waals surface area contributed by atoms with Gasteiger partial charge in [0, 0.05) is 25.2 Å². The number of benzene rings is 1. The number of imidazole rings is 1. The van der Waals surface area contributed by atoms with Crippen LogP contribution in [0.5, 0.6) is 5.75 Å². The molecule has 0 saturated carbocycles. The SMILES string of the molecule is COc1cc(F)c(-n2c(Cl)nc(C)c2N2CCOCC2)c(F)c1. The van der Waals surface area contributed by atoms with Gasteiger partial charge in [-0.15, -0.1) is 0 Å². The molecule has 0 unspecified atom stereocenters. The Morgan fingerprint density at radius 1 is 1.22 bits per heavy atom. The fraction of sp³-hybridized carbons (Fsp3) is 0.400. The largest absolute Gasteiger partial charge is 0.497 e. The maximum Gasteiger partial charge on any atom is 0.209 e. The standard InChI is InChI=1S/C15H16ClF2N3O2/c1-9-14(20-3-5-23-6-4-20)21(15(16)19-9)13-11(17)7-10(22-2)8-12(13)18/h7-8H,3-6H2,1-2H3. The summed E-state index contributed by atoms with van der Waals surface area (Å²) in [6.45, 7) is 4.03. The van der Waals surface area contributed by atoms with Gasteiger partial charge in [0.1, 0.15) is 17.3 Å². The first kappa shape index (κ1) is 16.0. The molecule has 0 bridgehead atoms. The van der Waals surface area contributed by atoms with E-state index in [1.807, 2.05) is 4.90 Å². The molecule has 0 atom stereocenters. The van der Waals surface area contributed by atoms with Gasteiger partial charge in [-0.05, 0) is 18.5 Å². The third kappa shape index (κ3) is 2.86. The van der Waals surface area contributed by atoms with Crippen molar-refractivity contribution >= 4 is 17.4 Å². The van der Waals surface area contributed by atoms with Gasteiger partial charge in [0.15, 0.2) is 11.6 Å². The van der Waals surface area contributed by atoms with Crippen molar-refractivity contribution in [2.75, 3.05) is 38.3 Å². The Kier molecular flexibility index (Phi) is 4.41. The first-order chi connectivity index (χ1) is 11.0. The van der Waals surface area contributed by atoms with Crippen LogP contribution < -0.4 is 9.64 Å². The molecule has 1 fully saturated rings. The Balaban J connectivity index is 2.17. The van der Waals surface area contributed by atoms with E-state index in [4.69, 9.17) is 21.1 Å². The van der Waals surface area contributed by atoms with Gasteiger partial charge in [-0.3, -0.25) is 4.57 Å². The molecule has 23 heavy (non-hydrogen) atoms. The summed E-state index contributed by atoms with van der Waals surface area (Å²) in [6.07, 6.45) is 0. The van der Waals surface area contributed by atoms with Crippen LogP contribution in [0.3, 0.4) is 0 Å². The number of nitrogens with zero attached hydrogens (tertiary/aromatic N) is 3. The summed E-state index contributed by atoms with van der Waals surface area (Å²) in [4.78, 5) is 6.13. The van der Waals surface area contributed by atoms with Crippen molar-refractivity contribution in [1.29, 1.82) is 0 Å². The van der Waals surface area contributed by atoms with Crippen LogP contribution in [0.15, 0.2) is 12.1 Å². The number of methoxy groups -OCH3 is 1. The van der Waals surface area contributed by atoms with Crippen LogP contribution in [-0.4, -0.2) is 43.0 Å². The molecular formula is C15H16ClF2N3O2. The number of halogens is 3. The van der Waals surface area contributed by atoms with Crippen molar-refractivity contribution in [3.8, 4) is 11.4 Å². The van der Waals surface area contributed by atoms with E-state index in [2.05, 4.69) is 4.98 Å². The van der Waals surface area contributed by atoms with E-state index in [0.29, 0.717) is 37.8 Å². The van der Waals surface area contributed by atoms with E-state index in [0.717, 1.165) is 12.1 Å². The molecule has 2 heterocycles. The number of hydrogen-bond acceptors (Lipinski definition) is 4. The number of anilines is 1. The Hall–Kier alpha value is -1.86. The van der Waals surface area contributed by atoms with E-state index in [-0.39, 0.29) is 16.7 Å². The molecule has 3 rings (SSSR count). The fourth-order valence-electron chi connectivity index (χ4n) is 2.70. The minimum absolute atomic E-state index is 0.00644. The lowest BCUT2D eigenvalue weighted by molar-refractivity contribution is 0.122. The maximum absolute atomic E-state index is 14.4. The van der Waals surface area contributed by atoms with Gasteiger partial charge in [0.25, 0.3) is 0 Å². The Labute approximate surface area is 137 Å². The monoisotopic (exact) mass is 343 g/mol. The summed E-state index contributed by atoms with van der Waals surface area (Å²) >= 11 is 6.15. The van der Waals surface area contributed by atoms with Crippen LogP contribution in [-0.2, 0) is 4.74 Å². The summed E-state index contributed by atoms with van der Waals surface area (Å²) in [5.41, 5.74) is 0.337. The highest BCUT2D eigenvalue weighted by Crippen LogP contribution is 2.33. The predicted molar refractivity (Wildman–Crippen MR) is 82.8 cm³/mol. The topological polar surface area (TPSA) is 39.5 Å². The zero-order valence-corrected chi connectivity index (χ0v) is 13.5. The number of hydrogen-bond donors (Lipinski definition) is 0. The number of morpholine rings is 1. The number of rotatable bonds is 3. The molecule has 0 N–H and O–H groups in total. The first-order valence-electron chi connectivity index (χ1n) is 7.14. The van der Waals surface area contributed by atoms with Crippen LogP contribution in [0, 0.1) is 18.6 Å². The molecular weight excluding hydrogens is 328 g/mol. The third-order valence-electron chi connectivity index (χ3n) is 3.74. The molecule has 1 aliphatic rings. The molecule has 1 aromatic carbocycles. The van der Waals surface area contributed by atoms with Crippen molar-refractivity contribution in [3.05, 3.63) is 34.7 Å². The normalized spacial score (nSPS) is 15.1. The molecule has 0 amide bonds. The predicted octanol–water partition coefficient (Wildman–Crippen LogP) is 2.96. The lowest BCUT2D eigenvalue weighted by atomic mass is 10.2. The molecule has 1 aromatic heterocycles. The van der Waals surface area contributed by atoms with Gasteiger partial charge >= 0.3 is 0 Å². The number of aromatic nitrogens is 2. The van der Waals surface area contributed by atoms with Gasteiger partial charge in [-0.25, -0.2) is 13.8 Å². The molecule has 8 heteroatoms. The minimum Gasteiger partial charge on any atom is -0.497 e. The molecule has 2 aromatic rings. The van der Waals surface area contributed by atoms with E-state index >= 15 is 0 Å². The zero-order chi connectivity index (χ0) is 16.6. The molecule has 1 saturated heterocycles. The van der Waals surface area contributed by atoms with Gasteiger partial charge in [0.05, 0.1) is 26.0 Å². The number of ether oxygens (including phenoxy) is 2. The highest BCUT2D eigenvalue weighted by atomic mass is 35.5. The summed E-state index contributed by atoms with van der Waals surface area (Å²) in [6, 6.07) is 2.24. The van der Waals surface area contributed by atoms with Gasteiger partial charge < -0.3 is 14.4 Å². The second-order valence-electron chi connectivity index (χ2n) is 5.16. The van der Waals surface area contributed by atoms with Gasteiger partial charge in [0.2, 0.25) is 5.28 Å². The third-order valence-corrected chi connectivity index (χ3v) is 3.99. The minimum atomic E-state index is -0.768. The molecule has 0 radical (unpaired) electrons. The van der Waals surface area contributed by atoms with Crippen LogP contribution in [0.4, 0.5) is 14.6 Å². The highest BCUT2D eigenvalue weighted by molar-refractivity contribution is 6.29. The maximum atomic E-state index is 14.4. The molecule has 124 valence electrons. The second-order valence-corrected chi connectivity index (χ2v) is 5.50. The molecule has 0 aliphatic carbocycles. The Morgan fingerprint density at radius 3 is 2.39 bits per heavy atom. The quantitative estimate of drug-likeness (QED) is 0.859. The Morgan fingerprint density at radius 2 is 1.83 bits per heavy atom. The average Bonchev–Trinajstić information content (AvgIpc) is 2.82.